The van der Waals surface area contributed by atoms with Crippen molar-refractivity contribution in [3.05, 3.63) is 95.3 Å². The number of carbonyl (C=O) groups excluding carboxylic acids is 6. The quantitative estimate of drug-likeness (QED) is 0.0576. The summed E-state index contributed by atoms with van der Waals surface area (Å²) in [4.78, 5) is 104. The lowest BCUT2D eigenvalue weighted by Gasteiger charge is -2.34. The van der Waals surface area contributed by atoms with Gasteiger partial charge in [0.25, 0.3) is 30.1 Å². The second kappa shape index (κ2) is 19.9. The summed E-state index contributed by atoms with van der Waals surface area (Å²) < 4.78 is 11.7. The lowest BCUT2D eigenvalue weighted by Crippen LogP contribution is -2.52. The first-order valence-corrected chi connectivity index (χ1v) is 21.4. The van der Waals surface area contributed by atoms with Crippen LogP contribution in [0.1, 0.15) is 52.9 Å². The van der Waals surface area contributed by atoms with Gasteiger partial charge >= 0.3 is 0 Å². The van der Waals surface area contributed by atoms with Crippen molar-refractivity contribution < 1.29 is 48.1 Å². The maximum atomic E-state index is 13.5. The number of imide groups is 2. The molecule has 19 nitrogen and oxygen atoms in total. The summed E-state index contributed by atoms with van der Waals surface area (Å²) in [6.07, 6.45) is 3.69. The number of amides is 6. The molecule has 6 heterocycles. The third kappa shape index (κ3) is 9.56. The van der Waals surface area contributed by atoms with Crippen LogP contribution in [-0.4, -0.2) is 137 Å². The summed E-state index contributed by atoms with van der Waals surface area (Å²) in [5, 5.41) is 16.1. The highest BCUT2D eigenvalue weighted by Gasteiger charge is 2.40. The van der Waals surface area contributed by atoms with Crippen LogP contribution in [0.5, 0.6) is 5.75 Å². The van der Waals surface area contributed by atoms with Gasteiger partial charge < -0.3 is 34.7 Å². The second-order valence-corrected chi connectivity index (χ2v) is 15.7. The number of anilines is 1. The van der Waals surface area contributed by atoms with Gasteiger partial charge in [0.2, 0.25) is 17.8 Å². The molecule has 2 fully saturated rings. The van der Waals surface area contributed by atoms with Crippen LogP contribution < -0.4 is 25.6 Å². The van der Waals surface area contributed by atoms with Crippen LogP contribution in [-0.2, 0) is 40.0 Å². The molecule has 4 aliphatic heterocycles. The number of para-hydroxylation sites is 2. The van der Waals surface area contributed by atoms with E-state index in [1.54, 1.807) is 24.4 Å². The maximum Gasteiger partial charge on any atom is 0.290 e. The van der Waals surface area contributed by atoms with Gasteiger partial charge in [0.15, 0.2) is 6.61 Å². The van der Waals surface area contributed by atoms with E-state index in [4.69, 9.17) is 29.3 Å². The fraction of sp³-hybridized carbons (Fsp3) is 0.326. The molecule has 65 heavy (non-hydrogen) atoms. The van der Waals surface area contributed by atoms with Gasteiger partial charge in [0, 0.05) is 91.5 Å². The first-order chi connectivity index (χ1) is 31.6. The van der Waals surface area contributed by atoms with Crippen LogP contribution in [0, 0.1) is 0 Å². The van der Waals surface area contributed by atoms with Crippen molar-refractivity contribution in [1.82, 2.24) is 40.7 Å². The molecule has 2 saturated heterocycles. The minimum Gasteiger partial charge on any atom is -0.483 e. The van der Waals surface area contributed by atoms with Gasteiger partial charge in [-0.1, -0.05) is 42.5 Å². The molecule has 0 aliphatic carbocycles. The predicted octanol–water partition coefficient (Wildman–Crippen LogP) is 2.25. The number of H-pyrrole nitrogens is 1. The number of benzene rings is 3. The average Bonchev–Trinajstić information content (AvgIpc) is 3.98. The molecule has 4 aliphatic rings. The van der Waals surface area contributed by atoms with E-state index in [2.05, 4.69) is 30.7 Å². The molecule has 3 aromatic carbocycles. The minimum absolute atomic E-state index is 0.163. The number of nitrogens with one attached hydrogen (secondary N) is 4. The van der Waals surface area contributed by atoms with E-state index in [0.717, 1.165) is 43.4 Å². The molecule has 9 rings (SSSR count). The topological polar surface area (TPSA) is 246 Å². The Kier molecular flexibility index (Phi) is 13.5. The van der Waals surface area contributed by atoms with Crippen LogP contribution in [0.4, 0.5) is 5.95 Å². The van der Waals surface area contributed by atoms with Crippen LogP contribution >= 0.6 is 0 Å². The molecule has 2 aromatic heterocycles. The average molecular weight is 886 g/mol. The van der Waals surface area contributed by atoms with Gasteiger partial charge in [-0.05, 0) is 43.5 Å². The number of aromatic amines is 1. The largest absolute Gasteiger partial charge is 0.483 e. The number of carbonyl (C=O) groups is 7. The summed E-state index contributed by atoms with van der Waals surface area (Å²) in [5.74, 6) is -1.45. The van der Waals surface area contributed by atoms with Crippen LogP contribution in [0.3, 0.4) is 0 Å². The fourth-order valence-corrected chi connectivity index (χ4v) is 8.52. The second-order valence-electron chi connectivity index (χ2n) is 15.7. The Bertz CT molecular complexity index is 2710. The Morgan fingerprint density at radius 2 is 1.60 bits per heavy atom. The lowest BCUT2D eigenvalue weighted by atomic mass is 9.97. The third-order valence-electron chi connectivity index (χ3n) is 11.8. The number of piperazine rings is 1. The lowest BCUT2D eigenvalue weighted by molar-refractivity contribution is -0.137. The van der Waals surface area contributed by atoms with E-state index in [1.165, 1.54) is 4.90 Å². The molecule has 5 aromatic rings. The van der Waals surface area contributed by atoms with Crippen molar-refractivity contribution in [2.45, 2.75) is 38.3 Å². The Morgan fingerprint density at radius 1 is 0.846 bits per heavy atom. The molecule has 0 saturated carbocycles. The minimum atomic E-state index is -0.729. The van der Waals surface area contributed by atoms with Gasteiger partial charge in [-0.3, -0.25) is 49.1 Å². The van der Waals surface area contributed by atoms with E-state index in [0.29, 0.717) is 77.8 Å². The van der Waals surface area contributed by atoms with Crippen LogP contribution in [0.2, 0.25) is 0 Å². The van der Waals surface area contributed by atoms with Gasteiger partial charge in [-0.15, -0.1) is 0 Å². The van der Waals surface area contributed by atoms with Gasteiger partial charge in [0.05, 0.1) is 35.5 Å². The number of carboxylic acid groups (broad SMARTS) is 1. The zero-order valence-corrected chi connectivity index (χ0v) is 35.3. The molecule has 1 atom stereocenters. The summed E-state index contributed by atoms with van der Waals surface area (Å²) in [5.41, 5.74) is 4.18. The molecular weight excluding hydrogens is 839 g/mol. The zero-order chi connectivity index (χ0) is 45.5. The molecule has 6 amide bonds. The highest BCUT2D eigenvalue weighted by atomic mass is 16.5. The number of hydrogen-bond donors (Lipinski definition) is 5. The number of nitrogens with zero attached hydrogens (tertiary/aromatic N) is 5. The first-order valence-electron chi connectivity index (χ1n) is 21.4. The molecule has 19 heteroatoms. The highest BCUT2D eigenvalue weighted by Crippen LogP contribution is 2.38. The predicted molar refractivity (Wildman–Crippen MR) is 236 cm³/mol. The number of aromatic nitrogens is 3. The Labute approximate surface area is 372 Å². The number of ether oxygens (including phenoxy) is 2. The van der Waals surface area contributed by atoms with E-state index in [9.17, 15) is 28.8 Å². The van der Waals surface area contributed by atoms with E-state index >= 15 is 0 Å². The molecule has 336 valence electrons. The van der Waals surface area contributed by atoms with Gasteiger partial charge in [-0.2, -0.15) is 0 Å². The summed E-state index contributed by atoms with van der Waals surface area (Å²) in [6.45, 7) is 4.92. The van der Waals surface area contributed by atoms with Crippen molar-refractivity contribution in [3.8, 4) is 5.75 Å². The molecule has 0 radical (unpaired) electrons. The van der Waals surface area contributed by atoms with Crippen molar-refractivity contribution in [2.75, 3.05) is 64.0 Å². The molecule has 1 unspecified atom stereocenters. The molecular formula is C46H47N9O10. The van der Waals surface area contributed by atoms with Crippen molar-refractivity contribution >= 4 is 80.8 Å². The van der Waals surface area contributed by atoms with E-state index in [1.807, 2.05) is 48.5 Å². The number of unbranched alkanes of at least 4 members (excludes halogenated alkanes) is 1. The Morgan fingerprint density at radius 3 is 2.40 bits per heavy atom. The van der Waals surface area contributed by atoms with Crippen molar-refractivity contribution in [1.29, 1.82) is 0 Å². The van der Waals surface area contributed by atoms with E-state index < -0.39 is 23.8 Å². The van der Waals surface area contributed by atoms with Gasteiger partial charge in [0.1, 0.15) is 11.8 Å². The summed E-state index contributed by atoms with van der Waals surface area (Å²) in [7, 11) is 0. The van der Waals surface area contributed by atoms with Crippen LogP contribution in [0.25, 0.3) is 33.0 Å². The zero-order valence-electron chi connectivity index (χ0n) is 35.3. The smallest absolute Gasteiger partial charge is 0.290 e. The van der Waals surface area contributed by atoms with Crippen molar-refractivity contribution in [3.63, 3.8) is 0 Å². The van der Waals surface area contributed by atoms with Crippen molar-refractivity contribution in [2.24, 2.45) is 0 Å². The molecule has 0 bridgehead atoms. The third-order valence-corrected chi connectivity index (χ3v) is 11.8. The summed E-state index contributed by atoms with van der Waals surface area (Å²) in [6, 6.07) is 19.5. The fourth-order valence-electron chi connectivity index (χ4n) is 8.52. The number of piperidine rings is 1. The number of rotatable bonds is 15. The van der Waals surface area contributed by atoms with E-state index in [-0.39, 0.29) is 61.3 Å². The maximum absolute atomic E-state index is 13.5. The Balaban J connectivity index is 0.00000187. The molecule has 0 spiro atoms. The Hall–Kier alpha value is -7.51. The molecule has 5 N–H and O–H groups in total. The van der Waals surface area contributed by atoms with Gasteiger partial charge in [-0.25, -0.2) is 9.97 Å². The monoisotopic (exact) mass is 885 g/mol. The SMILES string of the molecule is O=C(COc1cccc2c1CN(C1CCC(=O)NC1=O)C2=O)NCCCCOCCN1CCN(c2nc(C3=C(c4c[nH]c5ccccc45)C(=O)NC3=O)c3ccccc3n2)CC1.O=CO. The summed E-state index contributed by atoms with van der Waals surface area (Å²) >= 11 is 0. The number of hydrogen-bond acceptors (Lipinski definition) is 13. The first kappa shape index (κ1) is 44.1. The number of fused-ring (bicyclic) bond motifs is 3. The normalized spacial score (nSPS) is 17.5. The standard InChI is InChI=1S/C45H45N9O8.CH2O2/c55-36-15-14-34(41(57)49-36)54-25-31-28(44(54)60)10-7-13-35(31)62-26-37(56)46-16-5-6-22-61-23-21-52-17-19-53(20-18-52)45-48-33-12-4-2-9-29(33)40(50-45)39-38(42(58)51-43(39)59)30-24-47-32-11-3-1-8-27(30)32;2-1-3/h1-4,7-13,24,34,47H,5-6,14-23,25-26H2,(H,46,56)(H,49,55,57)(H,51,58,59);1H,(H,2,3). The van der Waals surface area contributed by atoms with Crippen LogP contribution in [0.15, 0.2) is 72.9 Å². The highest BCUT2D eigenvalue weighted by molar-refractivity contribution is 6.50.